The number of amides is 2. The number of carbonyl (C=O) groups excluding carboxylic acids is 2. The van der Waals surface area contributed by atoms with Crippen molar-refractivity contribution in [3.8, 4) is 6.07 Å². The number of hydrogen-bond acceptors (Lipinski definition) is 3. The number of anilines is 2. The first-order valence-electron chi connectivity index (χ1n) is 7.98. The maximum Gasteiger partial charge on any atom is 0.255 e. The maximum atomic E-state index is 12.4. The second-order valence-corrected chi connectivity index (χ2v) is 6.77. The summed E-state index contributed by atoms with van der Waals surface area (Å²) in [6.07, 6.45) is 0.337. The van der Waals surface area contributed by atoms with Gasteiger partial charge in [0.15, 0.2) is 0 Å². The molecule has 0 aliphatic heterocycles. The van der Waals surface area contributed by atoms with Gasteiger partial charge in [-0.1, -0.05) is 39.0 Å². The smallest absolute Gasteiger partial charge is 0.255 e. The van der Waals surface area contributed by atoms with Gasteiger partial charge in [-0.05, 0) is 35.9 Å². The van der Waals surface area contributed by atoms with Crippen molar-refractivity contribution in [3.63, 3.8) is 0 Å². The summed E-state index contributed by atoms with van der Waals surface area (Å²) >= 11 is 0. The molecule has 25 heavy (non-hydrogen) atoms. The minimum absolute atomic E-state index is 0.113. The van der Waals surface area contributed by atoms with Gasteiger partial charge in [-0.15, -0.1) is 0 Å². The summed E-state index contributed by atoms with van der Waals surface area (Å²) in [5, 5.41) is 14.3. The van der Waals surface area contributed by atoms with Crippen LogP contribution in [0.5, 0.6) is 0 Å². The van der Waals surface area contributed by atoms with Crippen molar-refractivity contribution < 1.29 is 9.59 Å². The highest BCUT2D eigenvalue weighted by molar-refractivity contribution is 6.05. The van der Waals surface area contributed by atoms with Crippen molar-refractivity contribution in [2.45, 2.75) is 27.2 Å². The Balaban J connectivity index is 2.08. The molecule has 2 N–H and O–H groups in total. The molecule has 0 aromatic heterocycles. The van der Waals surface area contributed by atoms with Gasteiger partial charge in [0, 0.05) is 22.4 Å². The number of rotatable bonds is 4. The van der Waals surface area contributed by atoms with E-state index >= 15 is 0 Å². The van der Waals surface area contributed by atoms with Crippen LogP contribution in [0.25, 0.3) is 0 Å². The minimum Gasteiger partial charge on any atom is -0.326 e. The lowest BCUT2D eigenvalue weighted by molar-refractivity contribution is -0.123. The number of carbonyl (C=O) groups is 2. The van der Waals surface area contributed by atoms with Crippen LogP contribution < -0.4 is 10.6 Å². The zero-order chi connectivity index (χ0) is 18.4. The van der Waals surface area contributed by atoms with Gasteiger partial charge in [-0.2, -0.15) is 5.26 Å². The molecule has 0 radical (unpaired) electrons. The lowest BCUT2D eigenvalue weighted by Gasteiger charge is -2.18. The number of hydrogen-bond donors (Lipinski definition) is 2. The molecule has 0 unspecified atom stereocenters. The molecule has 0 aliphatic carbocycles. The highest BCUT2D eigenvalue weighted by Crippen LogP contribution is 2.19. The van der Waals surface area contributed by atoms with E-state index in [1.165, 1.54) is 0 Å². The van der Waals surface area contributed by atoms with Crippen LogP contribution in [0.3, 0.4) is 0 Å². The highest BCUT2D eigenvalue weighted by atomic mass is 16.2. The molecule has 0 aliphatic rings. The van der Waals surface area contributed by atoms with Gasteiger partial charge in [0.25, 0.3) is 5.91 Å². The maximum absolute atomic E-state index is 12.4. The number of nitrogens with zero attached hydrogens (tertiary/aromatic N) is 1. The van der Waals surface area contributed by atoms with Crippen LogP contribution >= 0.6 is 0 Å². The molecule has 128 valence electrons. The highest BCUT2D eigenvalue weighted by Gasteiger charge is 2.21. The second kappa shape index (κ2) is 7.63. The van der Waals surface area contributed by atoms with Crippen LogP contribution in [-0.2, 0) is 11.2 Å². The summed E-state index contributed by atoms with van der Waals surface area (Å²) in [6.45, 7) is 5.48. The first-order valence-corrected chi connectivity index (χ1v) is 7.98. The fraction of sp³-hybridized carbons (Fsp3) is 0.250. The average Bonchev–Trinajstić information content (AvgIpc) is 2.56. The van der Waals surface area contributed by atoms with E-state index in [0.717, 1.165) is 5.56 Å². The molecule has 0 saturated carbocycles. The molecular formula is C20H21N3O2. The van der Waals surface area contributed by atoms with E-state index in [0.29, 0.717) is 23.4 Å². The van der Waals surface area contributed by atoms with Gasteiger partial charge < -0.3 is 10.6 Å². The Hall–Kier alpha value is -3.13. The van der Waals surface area contributed by atoms with Crippen molar-refractivity contribution in [1.82, 2.24) is 0 Å². The van der Waals surface area contributed by atoms with Crippen molar-refractivity contribution in [2.75, 3.05) is 10.6 Å². The van der Waals surface area contributed by atoms with E-state index in [1.54, 1.807) is 48.5 Å². The second-order valence-electron chi connectivity index (χ2n) is 6.77. The molecular weight excluding hydrogens is 314 g/mol. The molecule has 0 saturated heterocycles. The lowest BCUT2D eigenvalue weighted by atomic mass is 9.95. The third kappa shape index (κ3) is 5.18. The van der Waals surface area contributed by atoms with Crippen molar-refractivity contribution in [1.29, 1.82) is 5.26 Å². The Kier molecular flexibility index (Phi) is 5.56. The minimum atomic E-state index is -0.510. The van der Waals surface area contributed by atoms with Crippen molar-refractivity contribution >= 4 is 23.2 Å². The monoisotopic (exact) mass is 335 g/mol. The van der Waals surface area contributed by atoms with Crippen LogP contribution in [0, 0.1) is 16.7 Å². The van der Waals surface area contributed by atoms with Crippen molar-refractivity contribution in [3.05, 3.63) is 59.7 Å². The molecule has 5 nitrogen and oxygen atoms in total. The quantitative estimate of drug-likeness (QED) is 0.886. The van der Waals surface area contributed by atoms with Gasteiger partial charge >= 0.3 is 0 Å². The summed E-state index contributed by atoms with van der Waals surface area (Å²) in [5.41, 5.74) is 2.07. The predicted octanol–water partition coefficient (Wildman–Crippen LogP) is 3.99. The first kappa shape index (κ1) is 18.2. The van der Waals surface area contributed by atoms with Crippen LogP contribution in [0.1, 0.15) is 36.7 Å². The zero-order valence-corrected chi connectivity index (χ0v) is 14.6. The molecule has 2 rings (SSSR count). The molecule has 5 heteroatoms. The summed E-state index contributed by atoms with van der Waals surface area (Å²) in [4.78, 5) is 24.4. The van der Waals surface area contributed by atoms with Gasteiger partial charge in [0.1, 0.15) is 0 Å². The molecule has 0 bridgehead atoms. The summed E-state index contributed by atoms with van der Waals surface area (Å²) in [5.74, 6) is -0.377. The summed E-state index contributed by atoms with van der Waals surface area (Å²) < 4.78 is 0. The van der Waals surface area contributed by atoms with Crippen LogP contribution in [0.2, 0.25) is 0 Å². The lowest BCUT2D eigenvalue weighted by Crippen LogP contribution is -2.27. The number of nitrogens with one attached hydrogen (secondary N) is 2. The van der Waals surface area contributed by atoms with Crippen LogP contribution in [-0.4, -0.2) is 11.8 Å². The van der Waals surface area contributed by atoms with E-state index < -0.39 is 5.41 Å². The van der Waals surface area contributed by atoms with E-state index in [2.05, 4.69) is 16.7 Å². The first-order chi connectivity index (χ1) is 11.8. The molecule has 2 aromatic rings. The normalized spacial score (nSPS) is 10.6. The third-order valence-electron chi connectivity index (χ3n) is 3.56. The zero-order valence-electron chi connectivity index (χ0n) is 14.6. The molecule has 0 spiro atoms. The SMILES string of the molecule is CC(C)(C)C(=O)Nc1cccc(C(=O)Nc2ccc(CC#N)cc2)c1. The Morgan fingerprint density at radius 1 is 1.00 bits per heavy atom. The van der Waals surface area contributed by atoms with Crippen molar-refractivity contribution in [2.24, 2.45) is 5.41 Å². The Morgan fingerprint density at radius 3 is 2.28 bits per heavy atom. The van der Waals surface area contributed by atoms with E-state index in [4.69, 9.17) is 5.26 Å². The summed E-state index contributed by atoms with van der Waals surface area (Å²) in [6, 6.07) is 16.0. The average molecular weight is 335 g/mol. The van der Waals surface area contributed by atoms with Gasteiger partial charge in [-0.25, -0.2) is 0 Å². The Morgan fingerprint density at radius 2 is 1.68 bits per heavy atom. The van der Waals surface area contributed by atoms with E-state index in [9.17, 15) is 9.59 Å². The number of nitriles is 1. The Labute approximate surface area is 147 Å². The van der Waals surface area contributed by atoms with Gasteiger partial charge in [0.05, 0.1) is 12.5 Å². The third-order valence-corrected chi connectivity index (χ3v) is 3.56. The topological polar surface area (TPSA) is 82.0 Å². The fourth-order valence-corrected chi connectivity index (χ4v) is 2.06. The standard InChI is InChI=1S/C20H21N3O2/c1-20(2,3)19(25)23-17-6-4-5-15(13-17)18(24)22-16-9-7-14(8-10-16)11-12-21/h4-10,13H,11H2,1-3H3,(H,22,24)(H,23,25). The molecule has 2 aromatic carbocycles. The van der Waals surface area contributed by atoms with Gasteiger partial charge in [0.2, 0.25) is 5.91 Å². The van der Waals surface area contributed by atoms with Crippen LogP contribution in [0.15, 0.2) is 48.5 Å². The predicted molar refractivity (Wildman–Crippen MR) is 98.2 cm³/mol. The van der Waals surface area contributed by atoms with Gasteiger partial charge in [-0.3, -0.25) is 9.59 Å². The largest absolute Gasteiger partial charge is 0.326 e. The fourth-order valence-electron chi connectivity index (χ4n) is 2.06. The number of benzene rings is 2. The molecule has 0 fully saturated rings. The summed E-state index contributed by atoms with van der Waals surface area (Å²) in [7, 11) is 0. The Bertz CT molecular complexity index is 812. The van der Waals surface area contributed by atoms with E-state index in [-0.39, 0.29) is 11.8 Å². The molecule has 0 heterocycles. The van der Waals surface area contributed by atoms with Crippen LogP contribution in [0.4, 0.5) is 11.4 Å². The molecule has 0 atom stereocenters. The van der Waals surface area contributed by atoms with E-state index in [1.807, 2.05) is 20.8 Å². The molecule has 2 amide bonds.